The smallest absolute Gasteiger partial charge is 0.280 e. The quantitative estimate of drug-likeness (QED) is 0.759. The summed E-state index contributed by atoms with van der Waals surface area (Å²) in [6.07, 6.45) is 4.15. The third kappa shape index (κ3) is 3.32. The molecule has 0 unspecified atom stereocenters. The van der Waals surface area contributed by atoms with Gasteiger partial charge in [0.05, 0.1) is 4.88 Å². The molecule has 1 N–H and O–H groups in total. The Morgan fingerprint density at radius 3 is 2.80 bits per heavy atom. The van der Waals surface area contributed by atoms with E-state index in [-0.39, 0.29) is 17.9 Å². The fourth-order valence-electron chi connectivity index (χ4n) is 2.87. The van der Waals surface area contributed by atoms with Crippen molar-refractivity contribution in [2.24, 2.45) is 0 Å². The van der Waals surface area contributed by atoms with E-state index in [1.165, 1.54) is 11.3 Å². The van der Waals surface area contributed by atoms with E-state index in [9.17, 15) is 4.79 Å². The van der Waals surface area contributed by atoms with Gasteiger partial charge in [0, 0.05) is 24.6 Å². The SMILES string of the molecule is CCc1nnc(C2CC(NC(=O)c3ncc(-c4ccccc4)s3)C2)o1. The number of thiazole rings is 1. The minimum Gasteiger partial charge on any atom is -0.425 e. The molecule has 0 spiro atoms. The molecule has 1 amide bonds. The molecule has 7 heteroatoms. The Morgan fingerprint density at radius 2 is 2.08 bits per heavy atom. The molecule has 1 aliphatic carbocycles. The van der Waals surface area contributed by atoms with Gasteiger partial charge in [-0.25, -0.2) is 4.98 Å². The third-order valence-electron chi connectivity index (χ3n) is 4.37. The van der Waals surface area contributed by atoms with Gasteiger partial charge in [0.25, 0.3) is 5.91 Å². The van der Waals surface area contributed by atoms with Gasteiger partial charge in [0.15, 0.2) is 5.01 Å². The maximum atomic E-state index is 12.4. The molecule has 1 aliphatic rings. The first-order valence-electron chi connectivity index (χ1n) is 8.37. The molecule has 6 nitrogen and oxygen atoms in total. The van der Waals surface area contributed by atoms with Crippen LogP contribution in [0, 0.1) is 0 Å². The Balaban J connectivity index is 1.34. The zero-order valence-corrected chi connectivity index (χ0v) is 14.6. The van der Waals surface area contributed by atoms with Crippen LogP contribution in [0.25, 0.3) is 10.4 Å². The normalized spacial score (nSPS) is 19.4. The molecule has 3 aromatic rings. The van der Waals surface area contributed by atoms with Crippen molar-refractivity contribution in [3.63, 3.8) is 0 Å². The fraction of sp³-hybridized carbons (Fsp3) is 0.333. The second kappa shape index (κ2) is 6.76. The number of hydrogen-bond donors (Lipinski definition) is 1. The van der Waals surface area contributed by atoms with Gasteiger partial charge in [0.2, 0.25) is 11.8 Å². The predicted molar refractivity (Wildman–Crippen MR) is 94.5 cm³/mol. The van der Waals surface area contributed by atoms with Crippen LogP contribution in [0.1, 0.15) is 47.3 Å². The van der Waals surface area contributed by atoms with Crippen molar-refractivity contribution >= 4 is 17.2 Å². The molecule has 25 heavy (non-hydrogen) atoms. The second-order valence-corrected chi connectivity index (χ2v) is 7.15. The lowest BCUT2D eigenvalue weighted by molar-refractivity contribution is 0.0902. The van der Waals surface area contributed by atoms with Crippen molar-refractivity contribution < 1.29 is 9.21 Å². The highest BCUT2D eigenvalue weighted by Crippen LogP contribution is 2.36. The molecule has 0 atom stereocenters. The molecule has 0 aliphatic heterocycles. The first-order chi connectivity index (χ1) is 12.2. The molecule has 0 bridgehead atoms. The molecule has 1 saturated carbocycles. The molecule has 1 aromatic carbocycles. The van der Waals surface area contributed by atoms with Crippen LogP contribution < -0.4 is 5.32 Å². The standard InChI is InChI=1S/C18H18N4O2S/c1-2-15-21-22-17(24-15)12-8-13(9-12)20-16(23)18-19-10-14(25-18)11-6-4-3-5-7-11/h3-7,10,12-13H,2,8-9H2,1H3,(H,20,23). The summed E-state index contributed by atoms with van der Waals surface area (Å²) >= 11 is 1.41. The zero-order valence-electron chi connectivity index (χ0n) is 13.8. The molecule has 2 aromatic heterocycles. The van der Waals surface area contributed by atoms with E-state index in [2.05, 4.69) is 20.5 Å². The van der Waals surface area contributed by atoms with Crippen LogP contribution in [-0.2, 0) is 6.42 Å². The van der Waals surface area contributed by atoms with E-state index in [1.54, 1.807) is 6.20 Å². The Kier molecular flexibility index (Phi) is 4.31. The maximum absolute atomic E-state index is 12.4. The van der Waals surface area contributed by atoms with E-state index >= 15 is 0 Å². The molecule has 128 valence electrons. The maximum Gasteiger partial charge on any atom is 0.280 e. The highest BCUT2D eigenvalue weighted by atomic mass is 32.1. The third-order valence-corrected chi connectivity index (χ3v) is 5.41. The van der Waals surface area contributed by atoms with Crippen LogP contribution >= 0.6 is 11.3 Å². The Morgan fingerprint density at radius 1 is 1.28 bits per heavy atom. The number of aryl methyl sites for hydroxylation is 1. The van der Waals surface area contributed by atoms with Gasteiger partial charge in [-0.05, 0) is 18.4 Å². The Hall–Kier alpha value is -2.54. The van der Waals surface area contributed by atoms with Crippen LogP contribution in [0.2, 0.25) is 0 Å². The molecule has 4 rings (SSSR count). The topological polar surface area (TPSA) is 80.9 Å². The van der Waals surface area contributed by atoms with E-state index in [0.717, 1.165) is 29.7 Å². The van der Waals surface area contributed by atoms with Gasteiger partial charge in [0.1, 0.15) is 0 Å². The van der Waals surface area contributed by atoms with Gasteiger partial charge in [-0.2, -0.15) is 0 Å². The minimum atomic E-state index is -0.115. The molecule has 1 fully saturated rings. The van der Waals surface area contributed by atoms with Crippen LogP contribution in [-0.4, -0.2) is 27.1 Å². The van der Waals surface area contributed by atoms with Gasteiger partial charge in [-0.3, -0.25) is 4.79 Å². The molecule has 0 radical (unpaired) electrons. The number of hydrogen-bond acceptors (Lipinski definition) is 6. The molecular formula is C18H18N4O2S. The summed E-state index contributed by atoms with van der Waals surface area (Å²) in [5.74, 6) is 1.48. The van der Waals surface area contributed by atoms with E-state index in [0.29, 0.717) is 16.8 Å². The number of nitrogens with zero attached hydrogens (tertiary/aromatic N) is 3. The van der Waals surface area contributed by atoms with E-state index in [1.807, 2.05) is 37.3 Å². The zero-order chi connectivity index (χ0) is 17.2. The highest BCUT2D eigenvalue weighted by molar-refractivity contribution is 7.16. The highest BCUT2D eigenvalue weighted by Gasteiger charge is 2.35. The lowest BCUT2D eigenvalue weighted by Gasteiger charge is -2.33. The van der Waals surface area contributed by atoms with Crippen molar-refractivity contribution in [2.45, 2.75) is 38.1 Å². The Bertz CT molecular complexity index is 868. The van der Waals surface area contributed by atoms with Crippen molar-refractivity contribution in [3.05, 3.63) is 53.3 Å². The Labute approximate surface area is 149 Å². The van der Waals surface area contributed by atoms with E-state index < -0.39 is 0 Å². The largest absolute Gasteiger partial charge is 0.425 e. The number of benzene rings is 1. The van der Waals surface area contributed by atoms with Crippen molar-refractivity contribution in [1.29, 1.82) is 0 Å². The molecule has 0 saturated heterocycles. The van der Waals surface area contributed by atoms with Gasteiger partial charge < -0.3 is 9.73 Å². The minimum absolute atomic E-state index is 0.115. The summed E-state index contributed by atoms with van der Waals surface area (Å²) in [6.45, 7) is 1.98. The number of carbonyl (C=O) groups is 1. The van der Waals surface area contributed by atoms with E-state index in [4.69, 9.17) is 4.42 Å². The van der Waals surface area contributed by atoms with Crippen LogP contribution in [0.5, 0.6) is 0 Å². The van der Waals surface area contributed by atoms with Gasteiger partial charge >= 0.3 is 0 Å². The molecule has 2 heterocycles. The van der Waals surface area contributed by atoms with Gasteiger partial charge in [-0.15, -0.1) is 21.5 Å². The summed E-state index contributed by atoms with van der Waals surface area (Å²) in [6, 6.07) is 10.1. The van der Waals surface area contributed by atoms with Crippen molar-refractivity contribution in [3.8, 4) is 10.4 Å². The summed E-state index contributed by atoms with van der Waals surface area (Å²) in [5.41, 5.74) is 1.07. The number of carbonyl (C=O) groups excluding carboxylic acids is 1. The number of rotatable bonds is 5. The first-order valence-corrected chi connectivity index (χ1v) is 9.19. The molecular weight excluding hydrogens is 336 g/mol. The van der Waals surface area contributed by atoms with Crippen LogP contribution in [0.3, 0.4) is 0 Å². The lowest BCUT2D eigenvalue weighted by Crippen LogP contribution is -2.43. The summed E-state index contributed by atoms with van der Waals surface area (Å²) in [7, 11) is 0. The van der Waals surface area contributed by atoms with Gasteiger partial charge in [-0.1, -0.05) is 37.3 Å². The summed E-state index contributed by atoms with van der Waals surface area (Å²) < 4.78 is 5.58. The first kappa shape index (κ1) is 16.0. The summed E-state index contributed by atoms with van der Waals surface area (Å²) in [5, 5.41) is 11.6. The monoisotopic (exact) mass is 354 g/mol. The van der Waals surface area contributed by atoms with Crippen LogP contribution in [0.15, 0.2) is 40.9 Å². The number of amides is 1. The summed E-state index contributed by atoms with van der Waals surface area (Å²) in [4.78, 5) is 17.6. The lowest BCUT2D eigenvalue weighted by atomic mass is 9.80. The van der Waals surface area contributed by atoms with Crippen molar-refractivity contribution in [1.82, 2.24) is 20.5 Å². The average Bonchev–Trinajstić information content (AvgIpc) is 3.27. The second-order valence-electron chi connectivity index (χ2n) is 6.12. The fourth-order valence-corrected chi connectivity index (χ4v) is 3.70. The predicted octanol–water partition coefficient (Wildman–Crippen LogP) is 3.43. The number of nitrogens with one attached hydrogen (secondary N) is 1. The average molecular weight is 354 g/mol. The van der Waals surface area contributed by atoms with Crippen LogP contribution in [0.4, 0.5) is 0 Å². The number of aromatic nitrogens is 3. The van der Waals surface area contributed by atoms with Crippen molar-refractivity contribution in [2.75, 3.05) is 0 Å².